The first kappa shape index (κ1) is 18.3. The van der Waals surface area contributed by atoms with Gasteiger partial charge in [-0.1, -0.05) is 13.3 Å². The van der Waals surface area contributed by atoms with Crippen LogP contribution >= 0.6 is 0 Å². The fraction of sp³-hybridized carbons (Fsp3) is 0.450. The predicted molar refractivity (Wildman–Crippen MR) is 104 cm³/mol. The second kappa shape index (κ2) is 7.13. The predicted octanol–water partition coefficient (Wildman–Crippen LogP) is 3.16. The summed E-state index contributed by atoms with van der Waals surface area (Å²) in [6.45, 7) is 3.92. The Hall–Kier alpha value is -2.12. The number of carbonyl (C=O) groups is 1. The molecule has 0 N–H and O–H groups in total. The average Bonchev–Trinajstić information content (AvgIpc) is 3.31. The lowest BCUT2D eigenvalue weighted by Gasteiger charge is -2.36. The normalized spacial score (nSPS) is 20.9. The molecule has 1 fully saturated rings. The molecule has 1 aromatic carbocycles. The standard InChI is InChI=1S/C20H25N3O3S/c1-2-5-19-18-6-3-12-21(18)14-15-23(19)27(25,26)17-10-8-16(9-11-17)22-13-4-7-20(22)24/h3,6,8-12,19H,2,4-5,7,13-15H2,1H3/t19-/m1/s1. The van der Waals surface area contributed by atoms with Gasteiger partial charge in [-0.25, -0.2) is 8.42 Å². The molecule has 2 aromatic rings. The van der Waals surface area contributed by atoms with Crippen molar-refractivity contribution in [3.8, 4) is 0 Å². The second-order valence-corrected chi connectivity index (χ2v) is 9.08. The summed E-state index contributed by atoms with van der Waals surface area (Å²) in [4.78, 5) is 13.9. The van der Waals surface area contributed by atoms with E-state index in [1.165, 1.54) is 0 Å². The van der Waals surface area contributed by atoms with Gasteiger partial charge in [0.15, 0.2) is 0 Å². The first-order valence-corrected chi connectivity index (χ1v) is 11.0. The lowest BCUT2D eigenvalue weighted by Crippen LogP contribution is -2.41. The Kier molecular flexibility index (Phi) is 4.82. The summed E-state index contributed by atoms with van der Waals surface area (Å²) in [5.74, 6) is 0.102. The molecule has 2 aliphatic rings. The maximum atomic E-state index is 13.3. The van der Waals surface area contributed by atoms with E-state index in [4.69, 9.17) is 0 Å². The Labute approximate surface area is 160 Å². The Morgan fingerprint density at radius 3 is 2.52 bits per heavy atom. The third-order valence-corrected chi connectivity index (χ3v) is 7.43. The Morgan fingerprint density at radius 1 is 1.07 bits per heavy atom. The van der Waals surface area contributed by atoms with Gasteiger partial charge in [-0.05, 0) is 49.2 Å². The van der Waals surface area contributed by atoms with Gasteiger partial charge in [-0.2, -0.15) is 4.31 Å². The van der Waals surface area contributed by atoms with E-state index in [0.717, 1.165) is 30.6 Å². The SMILES string of the molecule is CCC[C@@H]1c2cccn2CCN1S(=O)(=O)c1ccc(N2CCCC2=O)cc1. The smallest absolute Gasteiger partial charge is 0.243 e. The molecule has 1 saturated heterocycles. The van der Waals surface area contributed by atoms with Crippen molar-refractivity contribution in [3.05, 3.63) is 48.3 Å². The van der Waals surface area contributed by atoms with Crippen molar-refractivity contribution in [3.63, 3.8) is 0 Å². The number of hydrogen-bond donors (Lipinski definition) is 0. The van der Waals surface area contributed by atoms with Crippen molar-refractivity contribution in [2.75, 3.05) is 18.0 Å². The van der Waals surface area contributed by atoms with Gasteiger partial charge in [-0.3, -0.25) is 4.79 Å². The summed E-state index contributed by atoms with van der Waals surface area (Å²) in [5.41, 5.74) is 1.83. The first-order chi connectivity index (χ1) is 13.0. The number of sulfonamides is 1. The number of carbonyl (C=O) groups excluding carboxylic acids is 1. The molecule has 0 unspecified atom stereocenters. The van der Waals surface area contributed by atoms with Crippen molar-refractivity contribution in [2.45, 2.75) is 50.1 Å². The van der Waals surface area contributed by atoms with Crippen molar-refractivity contribution in [2.24, 2.45) is 0 Å². The minimum absolute atomic E-state index is 0.102. The number of fused-ring (bicyclic) bond motifs is 1. The molecule has 2 aliphatic heterocycles. The minimum Gasteiger partial charge on any atom is -0.349 e. The maximum Gasteiger partial charge on any atom is 0.243 e. The van der Waals surface area contributed by atoms with E-state index in [1.807, 2.05) is 18.3 Å². The molecule has 0 spiro atoms. The van der Waals surface area contributed by atoms with Crippen molar-refractivity contribution < 1.29 is 13.2 Å². The molecule has 7 heteroatoms. The van der Waals surface area contributed by atoms with Crippen LogP contribution < -0.4 is 4.90 Å². The van der Waals surface area contributed by atoms with Gasteiger partial charge in [0.25, 0.3) is 0 Å². The van der Waals surface area contributed by atoms with Crippen molar-refractivity contribution >= 4 is 21.6 Å². The summed E-state index contributed by atoms with van der Waals surface area (Å²) in [6.07, 6.45) is 5.14. The Bertz CT molecular complexity index is 934. The zero-order valence-electron chi connectivity index (χ0n) is 15.5. The molecule has 0 aliphatic carbocycles. The van der Waals surface area contributed by atoms with Crippen molar-refractivity contribution in [1.82, 2.24) is 8.87 Å². The molecule has 1 amide bonds. The molecule has 0 bridgehead atoms. The van der Waals surface area contributed by atoms with Gasteiger partial charge in [0.2, 0.25) is 15.9 Å². The van der Waals surface area contributed by atoms with E-state index in [-0.39, 0.29) is 11.9 Å². The molecule has 4 rings (SSSR count). The molecule has 0 radical (unpaired) electrons. The van der Waals surface area contributed by atoms with Crippen LogP contribution in [0.15, 0.2) is 47.5 Å². The van der Waals surface area contributed by atoms with Crippen molar-refractivity contribution in [1.29, 1.82) is 0 Å². The number of benzene rings is 1. The fourth-order valence-corrected chi connectivity index (χ4v) is 5.77. The van der Waals surface area contributed by atoms with E-state index in [9.17, 15) is 13.2 Å². The molecule has 144 valence electrons. The fourth-order valence-electron chi connectivity index (χ4n) is 4.15. The van der Waals surface area contributed by atoms with Gasteiger partial charge in [0, 0.05) is 43.6 Å². The van der Waals surface area contributed by atoms with Crippen LogP contribution in [0.4, 0.5) is 5.69 Å². The van der Waals surface area contributed by atoms with Crippen LogP contribution in [0.5, 0.6) is 0 Å². The highest BCUT2D eigenvalue weighted by Crippen LogP contribution is 2.35. The van der Waals surface area contributed by atoms with Gasteiger partial charge in [-0.15, -0.1) is 0 Å². The number of hydrogen-bond acceptors (Lipinski definition) is 3. The average molecular weight is 388 g/mol. The summed E-state index contributed by atoms with van der Waals surface area (Å²) in [5, 5.41) is 0. The molecule has 3 heterocycles. The Morgan fingerprint density at radius 2 is 1.85 bits per heavy atom. The highest BCUT2D eigenvalue weighted by atomic mass is 32.2. The summed E-state index contributed by atoms with van der Waals surface area (Å²) < 4.78 is 30.5. The number of aromatic nitrogens is 1. The molecule has 0 saturated carbocycles. The van der Waals surface area contributed by atoms with E-state index in [0.29, 0.717) is 31.0 Å². The number of anilines is 1. The van der Waals surface area contributed by atoms with E-state index in [2.05, 4.69) is 11.5 Å². The summed E-state index contributed by atoms with van der Waals surface area (Å²) >= 11 is 0. The third-order valence-electron chi connectivity index (χ3n) is 5.51. The van der Waals surface area contributed by atoms with Crippen LogP contribution in [0.3, 0.4) is 0 Å². The lowest BCUT2D eigenvalue weighted by atomic mass is 10.1. The molecule has 27 heavy (non-hydrogen) atoms. The zero-order valence-corrected chi connectivity index (χ0v) is 16.4. The largest absolute Gasteiger partial charge is 0.349 e. The highest BCUT2D eigenvalue weighted by molar-refractivity contribution is 7.89. The van der Waals surface area contributed by atoms with Crippen LogP contribution in [-0.4, -0.2) is 36.3 Å². The maximum absolute atomic E-state index is 13.3. The van der Waals surface area contributed by atoms with Crippen LogP contribution in [0.1, 0.15) is 44.3 Å². The summed E-state index contributed by atoms with van der Waals surface area (Å²) in [6, 6.07) is 10.6. The van der Waals surface area contributed by atoms with Crippen LogP contribution in [0.2, 0.25) is 0 Å². The quantitative estimate of drug-likeness (QED) is 0.792. The number of nitrogens with zero attached hydrogens (tertiary/aromatic N) is 3. The first-order valence-electron chi connectivity index (χ1n) is 9.59. The number of amides is 1. The Balaban J connectivity index is 1.63. The van der Waals surface area contributed by atoms with Gasteiger partial charge < -0.3 is 9.47 Å². The highest BCUT2D eigenvalue weighted by Gasteiger charge is 2.36. The van der Waals surface area contributed by atoms with Gasteiger partial charge in [0.05, 0.1) is 10.9 Å². The van der Waals surface area contributed by atoms with E-state index >= 15 is 0 Å². The van der Waals surface area contributed by atoms with Gasteiger partial charge in [0.1, 0.15) is 0 Å². The van der Waals surface area contributed by atoms with Crippen LogP contribution in [0, 0.1) is 0 Å². The van der Waals surface area contributed by atoms with E-state index in [1.54, 1.807) is 33.5 Å². The number of rotatable bonds is 5. The monoisotopic (exact) mass is 387 g/mol. The molecule has 1 atom stereocenters. The minimum atomic E-state index is -3.59. The third kappa shape index (κ3) is 3.19. The molecule has 6 nitrogen and oxygen atoms in total. The summed E-state index contributed by atoms with van der Waals surface area (Å²) in [7, 11) is -3.59. The molecule has 1 aromatic heterocycles. The van der Waals surface area contributed by atoms with Gasteiger partial charge >= 0.3 is 0 Å². The zero-order chi connectivity index (χ0) is 19.0. The second-order valence-electron chi connectivity index (χ2n) is 7.19. The van der Waals surface area contributed by atoms with E-state index < -0.39 is 10.0 Å². The molecular weight excluding hydrogens is 362 g/mol. The van der Waals surface area contributed by atoms with Crippen LogP contribution in [-0.2, 0) is 21.4 Å². The topological polar surface area (TPSA) is 62.6 Å². The molecular formula is C20H25N3O3S. The lowest BCUT2D eigenvalue weighted by molar-refractivity contribution is -0.117. The van der Waals surface area contributed by atoms with Crippen LogP contribution in [0.25, 0.3) is 0 Å².